The molecule has 0 saturated carbocycles. The van der Waals surface area contributed by atoms with Crippen LogP contribution in [0.25, 0.3) is 0 Å². The fourth-order valence-electron chi connectivity index (χ4n) is 0.874. The Labute approximate surface area is 85.1 Å². The molecule has 0 saturated heterocycles. The maximum atomic E-state index is 10.9. The molecule has 1 amide bonds. The Morgan fingerprint density at radius 1 is 1.50 bits per heavy atom. The van der Waals surface area contributed by atoms with E-state index < -0.39 is 0 Å². The summed E-state index contributed by atoms with van der Waals surface area (Å²) in [5, 5.41) is 2.55. The third-order valence-corrected chi connectivity index (χ3v) is 1.74. The monoisotopic (exact) mass is 195 g/mol. The minimum atomic E-state index is 0.0112. The van der Waals surface area contributed by atoms with Gasteiger partial charge in [-0.15, -0.1) is 0 Å². The maximum Gasteiger partial charge on any atom is 0.220 e. The fraction of sp³-hybridized carbons (Fsp3) is 0.364. The highest BCUT2D eigenvalue weighted by Gasteiger charge is 1.99. The van der Waals surface area contributed by atoms with E-state index in [2.05, 4.69) is 18.5 Å². The molecule has 0 aliphatic heterocycles. The molecule has 0 bridgehead atoms. The van der Waals surface area contributed by atoms with Crippen LogP contribution in [-0.2, 0) is 9.53 Å². The summed E-state index contributed by atoms with van der Waals surface area (Å²) < 4.78 is 4.98. The Kier molecular flexibility index (Phi) is 6.20. The average molecular weight is 195 g/mol. The molecule has 0 aromatic heterocycles. The van der Waals surface area contributed by atoms with Gasteiger partial charge in [0.25, 0.3) is 0 Å². The smallest absolute Gasteiger partial charge is 0.220 e. The topological polar surface area (TPSA) is 38.3 Å². The standard InChI is InChI=1S/C11H17NO2/c1-5-10(14-4)8-9(2)6-7-11(13)12-3/h5,8H,1-2,6-7H2,3-4H3,(H,12,13)/b10-8+. The van der Waals surface area contributed by atoms with Gasteiger partial charge in [-0.05, 0) is 18.6 Å². The maximum absolute atomic E-state index is 10.9. The van der Waals surface area contributed by atoms with Crippen molar-refractivity contribution in [2.75, 3.05) is 14.2 Å². The van der Waals surface area contributed by atoms with Gasteiger partial charge < -0.3 is 10.1 Å². The van der Waals surface area contributed by atoms with E-state index in [1.54, 1.807) is 26.3 Å². The molecule has 0 heterocycles. The van der Waals surface area contributed by atoms with Crippen LogP contribution >= 0.6 is 0 Å². The number of amides is 1. The van der Waals surface area contributed by atoms with Gasteiger partial charge in [0, 0.05) is 13.5 Å². The van der Waals surface area contributed by atoms with Crippen LogP contribution in [0.2, 0.25) is 0 Å². The van der Waals surface area contributed by atoms with Crippen molar-refractivity contribution in [1.82, 2.24) is 5.32 Å². The number of ether oxygens (including phenoxy) is 1. The first-order chi connectivity index (χ1) is 6.63. The minimum Gasteiger partial charge on any atom is -0.497 e. The summed E-state index contributed by atoms with van der Waals surface area (Å²) in [7, 11) is 3.19. The second-order valence-corrected chi connectivity index (χ2v) is 2.79. The van der Waals surface area contributed by atoms with E-state index in [0.29, 0.717) is 18.6 Å². The van der Waals surface area contributed by atoms with E-state index in [1.165, 1.54) is 0 Å². The Bertz CT molecular complexity index is 254. The van der Waals surface area contributed by atoms with E-state index in [4.69, 9.17) is 4.74 Å². The molecule has 0 aromatic carbocycles. The number of rotatable bonds is 6. The lowest BCUT2D eigenvalue weighted by Gasteiger charge is -2.02. The molecular formula is C11H17NO2. The number of hydrogen-bond acceptors (Lipinski definition) is 2. The van der Waals surface area contributed by atoms with Gasteiger partial charge in [-0.25, -0.2) is 0 Å². The summed E-state index contributed by atoms with van der Waals surface area (Å²) in [6.07, 6.45) is 4.45. The molecule has 3 heteroatoms. The van der Waals surface area contributed by atoms with Crippen LogP contribution < -0.4 is 5.32 Å². The van der Waals surface area contributed by atoms with E-state index in [9.17, 15) is 4.79 Å². The molecule has 0 rings (SSSR count). The second-order valence-electron chi connectivity index (χ2n) is 2.79. The molecular weight excluding hydrogens is 178 g/mol. The van der Waals surface area contributed by atoms with Gasteiger partial charge in [0.05, 0.1) is 7.11 Å². The van der Waals surface area contributed by atoms with Crippen molar-refractivity contribution in [1.29, 1.82) is 0 Å². The van der Waals surface area contributed by atoms with Gasteiger partial charge in [-0.2, -0.15) is 0 Å². The Hall–Kier alpha value is -1.51. The number of allylic oxidation sites excluding steroid dienone is 3. The predicted molar refractivity (Wildman–Crippen MR) is 57.7 cm³/mol. The molecule has 3 nitrogen and oxygen atoms in total. The molecule has 0 aliphatic carbocycles. The lowest BCUT2D eigenvalue weighted by molar-refractivity contribution is -0.120. The lowest BCUT2D eigenvalue weighted by atomic mass is 10.1. The second kappa shape index (κ2) is 6.95. The molecule has 0 radical (unpaired) electrons. The number of hydrogen-bond donors (Lipinski definition) is 1. The molecule has 0 aliphatic rings. The molecule has 0 atom stereocenters. The quantitative estimate of drug-likeness (QED) is 0.518. The Balaban J connectivity index is 4.03. The van der Waals surface area contributed by atoms with Crippen molar-refractivity contribution in [3.8, 4) is 0 Å². The fourth-order valence-corrected chi connectivity index (χ4v) is 0.874. The van der Waals surface area contributed by atoms with Crippen molar-refractivity contribution < 1.29 is 9.53 Å². The first kappa shape index (κ1) is 12.5. The van der Waals surface area contributed by atoms with E-state index >= 15 is 0 Å². The number of methoxy groups -OCH3 is 1. The largest absolute Gasteiger partial charge is 0.497 e. The number of carbonyl (C=O) groups is 1. The van der Waals surface area contributed by atoms with Crippen LogP contribution in [0.3, 0.4) is 0 Å². The Morgan fingerprint density at radius 3 is 2.57 bits per heavy atom. The highest BCUT2D eigenvalue weighted by atomic mass is 16.5. The van der Waals surface area contributed by atoms with Crippen LogP contribution in [-0.4, -0.2) is 20.1 Å². The van der Waals surface area contributed by atoms with Gasteiger partial charge >= 0.3 is 0 Å². The SMILES string of the molecule is C=C/C(=C\C(=C)CCC(=O)NC)OC. The summed E-state index contributed by atoms with van der Waals surface area (Å²) in [6.45, 7) is 7.40. The predicted octanol–water partition coefficient (Wildman–Crippen LogP) is 1.79. The van der Waals surface area contributed by atoms with Gasteiger partial charge in [-0.3, -0.25) is 4.79 Å². The third-order valence-electron chi connectivity index (χ3n) is 1.74. The summed E-state index contributed by atoms with van der Waals surface area (Å²) in [6, 6.07) is 0. The first-order valence-electron chi connectivity index (χ1n) is 4.40. The Morgan fingerprint density at radius 2 is 2.14 bits per heavy atom. The van der Waals surface area contributed by atoms with E-state index in [1.807, 2.05) is 0 Å². The van der Waals surface area contributed by atoms with Crippen LogP contribution in [0.5, 0.6) is 0 Å². The van der Waals surface area contributed by atoms with Crippen LogP contribution in [0.1, 0.15) is 12.8 Å². The van der Waals surface area contributed by atoms with Crippen LogP contribution in [0.15, 0.2) is 36.6 Å². The molecule has 0 aromatic rings. The summed E-state index contributed by atoms with van der Waals surface area (Å²) in [5.41, 5.74) is 0.852. The molecule has 78 valence electrons. The molecule has 14 heavy (non-hydrogen) atoms. The zero-order chi connectivity index (χ0) is 11.0. The first-order valence-corrected chi connectivity index (χ1v) is 4.40. The van der Waals surface area contributed by atoms with E-state index in [-0.39, 0.29) is 5.91 Å². The molecule has 0 unspecified atom stereocenters. The summed E-state index contributed by atoms with van der Waals surface area (Å²) in [5.74, 6) is 0.670. The van der Waals surface area contributed by atoms with Crippen LogP contribution in [0, 0.1) is 0 Å². The van der Waals surface area contributed by atoms with Crippen molar-refractivity contribution in [3.05, 3.63) is 36.6 Å². The van der Waals surface area contributed by atoms with Gasteiger partial charge in [0.15, 0.2) is 0 Å². The van der Waals surface area contributed by atoms with Gasteiger partial charge in [0.1, 0.15) is 5.76 Å². The highest BCUT2D eigenvalue weighted by molar-refractivity contribution is 5.75. The number of carbonyl (C=O) groups excluding carboxylic acids is 1. The van der Waals surface area contributed by atoms with Crippen molar-refractivity contribution in [2.45, 2.75) is 12.8 Å². The van der Waals surface area contributed by atoms with Gasteiger partial charge in [0.2, 0.25) is 5.91 Å². The van der Waals surface area contributed by atoms with E-state index in [0.717, 1.165) is 5.57 Å². The minimum absolute atomic E-state index is 0.0112. The lowest BCUT2D eigenvalue weighted by Crippen LogP contribution is -2.17. The summed E-state index contributed by atoms with van der Waals surface area (Å²) >= 11 is 0. The zero-order valence-electron chi connectivity index (χ0n) is 8.80. The molecule has 1 N–H and O–H groups in total. The van der Waals surface area contributed by atoms with Gasteiger partial charge in [-0.1, -0.05) is 18.7 Å². The summed E-state index contributed by atoms with van der Waals surface area (Å²) in [4.78, 5) is 10.9. The van der Waals surface area contributed by atoms with Crippen molar-refractivity contribution in [2.24, 2.45) is 0 Å². The average Bonchev–Trinajstić information content (AvgIpc) is 2.22. The third kappa shape index (κ3) is 5.19. The number of nitrogens with one attached hydrogen (secondary N) is 1. The van der Waals surface area contributed by atoms with Crippen molar-refractivity contribution in [3.63, 3.8) is 0 Å². The molecule has 0 spiro atoms. The van der Waals surface area contributed by atoms with Crippen molar-refractivity contribution >= 4 is 5.91 Å². The normalized spacial score (nSPS) is 10.6. The zero-order valence-corrected chi connectivity index (χ0v) is 8.80. The molecule has 0 fully saturated rings. The highest BCUT2D eigenvalue weighted by Crippen LogP contribution is 2.08. The van der Waals surface area contributed by atoms with Crippen LogP contribution in [0.4, 0.5) is 0 Å².